The summed E-state index contributed by atoms with van der Waals surface area (Å²) in [6.45, 7) is 1.95. The van der Waals surface area contributed by atoms with Gasteiger partial charge in [-0.15, -0.1) is 0 Å². The third-order valence-electron chi connectivity index (χ3n) is 7.08. The number of hydrogen-bond donors (Lipinski definition) is 3. The van der Waals surface area contributed by atoms with Gasteiger partial charge in [-0.1, -0.05) is 36.4 Å². The second kappa shape index (κ2) is 8.79. The van der Waals surface area contributed by atoms with E-state index in [1.54, 1.807) is 4.68 Å². The van der Waals surface area contributed by atoms with E-state index in [2.05, 4.69) is 37.7 Å². The van der Waals surface area contributed by atoms with Crippen LogP contribution in [0, 0.1) is 5.92 Å². The number of ether oxygens (including phenoxy) is 1. The van der Waals surface area contributed by atoms with E-state index in [9.17, 15) is 5.11 Å². The molecular weight excluding hydrogens is 440 g/mol. The zero-order valence-electron chi connectivity index (χ0n) is 19.6. The van der Waals surface area contributed by atoms with Crippen molar-refractivity contribution in [2.45, 2.75) is 18.4 Å². The maximum atomic E-state index is 12.2. The smallest absolute Gasteiger partial charge is 0.134 e. The quantitative estimate of drug-likeness (QED) is 0.413. The lowest BCUT2D eigenvalue weighted by atomic mass is 9.75. The first-order valence-electron chi connectivity index (χ1n) is 12.0. The largest absolute Gasteiger partial charge is 0.381 e. The molecule has 1 aromatic carbocycles. The average Bonchev–Trinajstić information content (AvgIpc) is 3.58. The molecule has 3 N–H and O–H groups in total. The summed E-state index contributed by atoms with van der Waals surface area (Å²) in [6, 6.07) is 14.0. The molecule has 2 aliphatic heterocycles. The summed E-state index contributed by atoms with van der Waals surface area (Å²) in [5.74, 6) is 0.850. The molecule has 0 amide bonds. The highest BCUT2D eigenvalue weighted by Gasteiger charge is 2.42. The number of aromatic nitrogens is 5. The normalized spacial score (nSPS) is 17.8. The number of fused-ring (bicyclic) bond motifs is 1. The molecule has 0 saturated carbocycles. The fraction of sp³-hybridized carbons (Fsp3) is 0.296. The average molecular weight is 469 g/mol. The van der Waals surface area contributed by atoms with Crippen molar-refractivity contribution in [2.24, 2.45) is 13.0 Å². The minimum absolute atomic E-state index is 0.0279. The summed E-state index contributed by atoms with van der Waals surface area (Å²) in [4.78, 5) is 4.67. The second-order valence-corrected chi connectivity index (χ2v) is 9.21. The van der Waals surface area contributed by atoms with Crippen LogP contribution in [0.3, 0.4) is 0 Å². The van der Waals surface area contributed by atoms with Crippen LogP contribution in [0.25, 0.3) is 16.7 Å². The van der Waals surface area contributed by atoms with E-state index in [1.165, 1.54) is 0 Å². The van der Waals surface area contributed by atoms with Crippen LogP contribution in [0.1, 0.15) is 35.4 Å². The molecule has 0 radical (unpaired) electrons. The molecule has 1 saturated heterocycles. The van der Waals surface area contributed by atoms with Crippen LogP contribution in [0.2, 0.25) is 0 Å². The summed E-state index contributed by atoms with van der Waals surface area (Å²) < 4.78 is 7.37. The van der Waals surface area contributed by atoms with Crippen LogP contribution in [0.5, 0.6) is 0 Å². The van der Waals surface area contributed by atoms with Crippen molar-refractivity contribution in [1.29, 1.82) is 0 Å². The number of benzene rings is 1. The number of H-pyrrole nitrogens is 1. The van der Waals surface area contributed by atoms with Gasteiger partial charge in [0.2, 0.25) is 0 Å². The topological polar surface area (TPSA) is 101 Å². The highest BCUT2D eigenvalue weighted by Crippen LogP contribution is 2.42. The molecule has 8 heteroatoms. The summed E-state index contributed by atoms with van der Waals surface area (Å²) in [5, 5.41) is 27.7. The number of hydrogen-bond acceptors (Lipinski definition) is 6. The monoisotopic (exact) mass is 468 g/mol. The lowest BCUT2D eigenvalue weighted by Crippen LogP contribution is -2.40. The number of aromatic amines is 1. The Morgan fingerprint density at radius 3 is 2.69 bits per heavy atom. The molecule has 4 aromatic rings. The van der Waals surface area contributed by atoms with Gasteiger partial charge in [0.15, 0.2) is 0 Å². The number of anilines is 1. The van der Waals surface area contributed by atoms with Gasteiger partial charge in [-0.25, -0.2) is 4.98 Å². The van der Waals surface area contributed by atoms with Crippen molar-refractivity contribution >= 4 is 11.4 Å². The van der Waals surface area contributed by atoms with Crippen molar-refractivity contribution in [3.63, 3.8) is 0 Å². The molecule has 0 bridgehead atoms. The van der Waals surface area contributed by atoms with Gasteiger partial charge in [0.25, 0.3) is 0 Å². The first kappa shape index (κ1) is 21.8. The van der Waals surface area contributed by atoms with E-state index >= 15 is 0 Å². The molecule has 2 aliphatic rings. The van der Waals surface area contributed by atoms with E-state index in [0.29, 0.717) is 25.5 Å². The van der Waals surface area contributed by atoms with Gasteiger partial charge in [0.05, 0.1) is 17.6 Å². The fourth-order valence-electron chi connectivity index (χ4n) is 5.22. The molecule has 178 valence electrons. The van der Waals surface area contributed by atoms with Crippen LogP contribution >= 0.6 is 0 Å². The number of aryl methyl sites for hydroxylation is 1. The van der Waals surface area contributed by atoms with Crippen molar-refractivity contribution in [1.82, 2.24) is 25.0 Å². The predicted octanol–water partition coefficient (Wildman–Crippen LogP) is 3.72. The molecule has 0 spiro atoms. The standard InChI is InChI=1S/C27H28N6O2/c1-33-17-19(16-30-33)18-13-23-22(7-10-28-26(23)29-15-18)24-14-25(32-31-24)27(34,20-5-3-2-4-6-20)21-8-11-35-12-9-21/h2-7,13-17,21,34H,8-12H2,1H3,(H,28,29)(H,31,32). The molecule has 6 rings (SSSR count). The summed E-state index contributed by atoms with van der Waals surface area (Å²) in [7, 11) is 1.90. The van der Waals surface area contributed by atoms with Crippen LogP contribution in [-0.4, -0.2) is 49.8 Å². The Morgan fingerprint density at radius 2 is 1.91 bits per heavy atom. The van der Waals surface area contributed by atoms with Crippen LogP contribution in [0.4, 0.5) is 5.82 Å². The molecular formula is C27H28N6O2. The number of pyridine rings is 1. The Balaban J connectivity index is 1.40. The van der Waals surface area contributed by atoms with Gasteiger partial charge in [-0.2, -0.15) is 10.2 Å². The Labute approximate surface area is 203 Å². The molecule has 5 heterocycles. The maximum absolute atomic E-state index is 12.2. The van der Waals surface area contributed by atoms with Crippen molar-refractivity contribution < 1.29 is 9.84 Å². The number of rotatable bonds is 5. The van der Waals surface area contributed by atoms with E-state index in [1.807, 2.05) is 62.0 Å². The fourth-order valence-corrected chi connectivity index (χ4v) is 5.22. The van der Waals surface area contributed by atoms with Crippen LogP contribution in [0.15, 0.2) is 67.1 Å². The first-order valence-corrected chi connectivity index (χ1v) is 12.0. The van der Waals surface area contributed by atoms with E-state index in [-0.39, 0.29) is 5.92 Å². The zero-order chi connectivity index (χ0) is 23.8. The van der Waals surface area contributed by atoms with Crippen molar-refractivity contribution in [2.75, 3.05) is 25.1 Å². The Bertz CT molecular complexity index is 1370. The lowest BCUT2D eigenvalue weighted by molar-refractivity contribution is -0.0456. The zero-order valence-corrected chi connectivity index (χ0v) is 19.6. The van der Waals surface area contributed by atoms with E-state index < -0.39 is 5.60 Å². The number of nitrogens with one attached hydrogen (secondary N) is 2. The highest BCUT2D eigenvalue weighted by molar-refractivity contribution is 5.87. The maximum Gasteiger partial charge on any atom is 0.134 e. The molecule has 1 atom stereocenters. The summed E-state index contributed by atoms with van der Waals surface area (Å²) in [5.41, 5.74) is 5.13. The van der Waals surface area contributed by atoms with E-state index in [0.717, 1.165) is 52.2 Å². The molecule has 1 fully saturated rings. The molecule has 3 aromatic heterocycles. The first-order chi connectivity index (χ1) is 17.1. The summed E-state index contributed by atoms with van der Waals surface area (Å²) >= 11 is 0. The Morgan fingerprint density at radius 1 is 1.09 bits per heavy atom. The minimum Gasteiger partial charge on any atom is -0.381 e. The summed E-state index contributed by atoms with van der Waals surface area (Å²) in [6.07, 6.45) is 9.36. The third kappa shape index (κ3) is 3.84. The lowest BCUT2D eigenvalue weighted by Gasteiger charge is -2.38. The molecule has 35 heavy (non-hydrogen) atoms. The van der Waals surface area contributed by atoms with Crippen LogP contribution in [-0.2, 0) is 17.4 Å². The Hall–Kier alpha value is -3.75. The van der Waals surface area contributed by atoms with E-state index in [4.69, 9.17) is 4.74 Å². The minimum atomic E-state index is -1.18. The Kier molecular flexibility index (Phi) is 5.47. The van der Waals surface area contributed by atoms with Crippen LogP contribution < -0.4 is 5.32 Å². The molecule has 1 unspecified atom stereocenters. The predicted molar refractivity (Wildman–Crippen MR) is 134 cm³/mol. The highest BCUT2D eigenvalue weighted by atomic mass is 16.5. The van der Waals surface area contributed by atoms with Crippen molar-refractivity contribution in [3.8, 4) is 11.1 Å². The number of aliphatic hydroxyl groups is 1. The van der Waals surface area contributed by atoms with Gasteiger partial charge in [-0.05, 0) is 30.5 Å². The van der Waals surface area contributed by atoms with Gasteiger partial charge < -0.3 is 15.2 Å². The second-order valence-electron chi connectivity index (χ2n) is 9.21. The van der Waals surface area contributed by atoms with Gasteiger partial charge >= 0.3 is 0 Å². The van der Waals surface area contributed by atoms with Gasteiger partial charge in [0.1, 0.15) is 11.4 Å². The SMILES string of the molecule is Cn1cc(-c2cnc3c(c2)C(c2cc(C(O)(c4ccccc4)C4CCOCC4)[nH]n2)=CCN3)cn1. The number of nitrogens with zero attached hydrogens (tertiary/aromatic N) is 4. The van der Waals surface area contributed by atoms with Gasteiger partial charge in [0, 0.05) is 67.4 Å². The van der Waals surface area contributed by atoms with Gasteiger partial charge in [-0.3, -0.25) is 9.78 Å². The molecule has 8 nitrogen and oxygen atoms in total. The van der Waals surface area contributed by atoms with Crippen molar-refractivity contribution in [3.05, 3.63) is 89.6 Å². The third-order valence-corrected chi connectivity index (χ3v) is 7.08. The molecule has 0 aliphatic carbocycles.